The highest BCUT2D eigenvalue weighted by Gasteiger charge is 2.18. The minimum Gasteiger partial charge on any atom is -0.382 e. The lowest BCUT2D eigenvalue weighted by Gasteiger charge is -2.13. The molecular weight excluding hydrogens is 411 g/mol. The van der Waals surface area contributed by atoms with E-state index in [1.807, 2.05) is 29.5 Å². The first kappa shape index (κ1) is 17.6. The average molecular weight is 428 g/mol. The normalized spacial score (nSPS) is 12.1. The van der Waals surface area contributed by atoms with Crippen LogP contribution in [0.25, 0.3) is 0 Å². The number of aryl methyl sites for hydroxylation is 1. The molecule has 0 saturated heterocycles. The van der Waals surface area contributed by atoms with E-state index in [1.165, 1.54) is 10.8 Å². The minimum atomic E-state index is -0.632. The van der Waals surface area contributed by atoms with Gasteiger partial charge < -0.3 is 4.74 Å². The molecule has 2 rings (SSSR count). The lowest BCUT2D eigenvalue weighted by Crippen LogP contribution is -2.45. The van der Waals surface area contributed by atoms with E-state index in [4.69, 9.17) is 4.74 Å². The van der Waals surface area contributed by atoms with E-state index in [0.29, 0.717) is 26.7 Å². The molecule has 1 heterocycles. The molecular formula is C16H17IN2O4. The standard InChI is InChI=1S/C16H17IN2O4/c1-11(23-2)8-9-18-10-13(17)15(21)19(16(18)22)14(20)12-6-4-3-5-7-12/h3-7,10-11H,8-9H2,1-2H3. The van der Waals surface area contributed by atoms with Crippen LogP contribution >= 0.6 is 22.6 Å². The molecule has 1 atom stereocenters. The Hall–Kier alpha value is -1.74. The Morgan fingerprint density at radius 2 is 1.91 bits per heavy atom. The number of hydrogen-bond acceptors (Lipinski definition) is 4. The molecule has 0 N–H and O–H groups in total. The van der Waals surface area contributed by atoms with Crippen molar-refractivity contribution in [2.45, 2.75) is 26.0 Å². The van der Waals surface area contributed by atoms with Gasteiger partial charge in [-0.15, -0.1) is 0 Å². The molecule has 0 aliphatic rings. The number of methoxy groups -OCH3 is 1. The smallest absolute Gasteiger partial charge is 0.338 e. The largest absolute Gasteiger partial charge is 0.382 e. The number of aromatic nitrogens is 2. The van der Waals surface area contributed by atoms with Crippen molar-refractivity contribution in [3.63, 3.8) is 0 Å². The van der Waals surface area contributed by atoms with Crippen LogP contribution in [0.1, 0.15) is 23.7 Å². The molecule has 122 valence electrons. The van der Waals surface area contributed by atoms with Crippen molar-refractivity contribution in [3.8, 4) is 0 Å². The molecule has 0 aliphatic heterocycles. The number of halogens is 1. The molecule has 0 spiro atoms. The summed E-state index contributed by atoms with van der Waals surface area (Å²) >= 11 is 1.83. The minimum absolute atomic E-state index is 0.0234. The van der Waals surface area contributed by atoms with E-state index in [9.17, 15) is 14.4 Å². The van der Waals surface area contributed by atoms with Crippen molar-refractivity contribution < 1.29 is 9.53 Å². The van der Waals surface area contributed by atoms with Gasteiger partial charge in [0.25, 0.3) is 11.5 Å². The third kappa shape index (κ3) is 3.97. The van der Waals surface area contributed by atoms with Gasteiger partial charge in [-0.2, -0.15) is 4.57 Å². The highest BCUT2D eigenvalue weighted by molar-refractivity contribution is 14.1. The van der Waals surface area contributed by atoms with E-state index in [0.717, 1.165) is 0 Å². The Labute approximate surface area is 146 Å². The third-order valence-corrected chi connectivity index (χ3v) is 4.26. The van der Waals surface area contributed by atoms with E-state index >= 15 is 0 Å². The zero-order valence-electron chi connectivity index (χ0n) is 12.9. The highest BCUT2D eigenvalue weighted by Crippen LogP contribution is 2.03. The Morgan fingerprint density at radius 1 is 1.26 bits per heavy atom. The van der Waals surface area contributed by atoms with Crippen LogP contribution in [0.15, 0.2) is 46.1 Å². The van der Waals surface area contributed by atoms with Gasteiger partial charge in [0.2, 0.25) is 0 Å². The fraction of sp³-hybridized carbons (Fsp3) is 0.312. The average Bonchev–Trinajstić information content (AvgIpc) is 2.57. The summed E-state index contributed by atoms with van der Waals surface area (Å²) in [4.78, 5) is 37.3. The SMILES string of the molecule is COC(C)CCn1cc(I)c(=O)n(C(=O)c2ccccc2)c1=O. The van der Waals surface area contributed by atoms with Gasteiger partial charge in [-0.1, -0.05) is 18.2 Å². The molecule has 0 bridgehead atoms. The Balaban J connectivity index is 2.47. The van der Waals surface area contributed by atoms with Gasteiger partial charge in [0.05, 0.1) is 9.67 Å². The number of carbonyl (C=O) groups is 1. The van der Waals surface area contributed by atoms with Gasteiger partial charge in [0.15, 0.2) is 0 Å². The van der Waals surface area contributed by atoms with Crippen molar-refractivity contribution in [2.75, 3.05) is 7.11 Å². The molecule has 0 radical (unpaired) electrons. The lowest BCUT2D eigenvalue weighted by atomic mass is 10.2. The monoisotopic (exact) mass is 428 g/mol. The summed E-state index contributed by atoms with van der Waals surface area (Å²) in [5.41, 5.74) is -0.932. The Kier molecular flexibility index (Phi) is 5.89. The lowest BCUT2D eigenvalue weighted by molar-refractivity contribution is 0.0944. The summed E-state index contributed by atoms with van der Waals surface area (Å²) in [6.07, 6.45) is 2.05. The van der Waals surface area contributed by atoms with Crippen LogP contribution in [0.5, 0.6) is 0 Å². The molecule has 1 unspecified atom stereocenters. The number of rotatable bonds is 5. The molecule has 0 aliphatic carbocycles. The zero-order chi connectivity index (χ0) is 17.0. The van der Waals surface area contributed by atoms with Gasteiger partial charge >= 0.3 is 5.69 Å². The van der Waals surface area contributed by atoms with Crippen molar-refractivity contribution >= 4 is 28.5 Å². The summed E-state index contributed by atoms with van der Waals surface area (Å²) in [6.45, 7) is 2.26. The van der Waals surface area contributed by atoms with Crippen molar-refractivity contribution in [2.24, 2.45) is 0 Å². The van der Waals surface area contributed by atoms with E-state index in [-0.39, 0.29) is 6.10 Å². The van der Waals surface area contributed by atoms with Crippen LogP contribution in [0.3, 0.4) is 0 Å². The first-order chi connectivity index (χ1) is 11.0. The zero-order valence-corrected chi connectivity index (χ0v) is 15.0. The second kappa shape index (κ2) is 7.69. The summed E-state index contributed by atoms with van der Waals surface area (Å²) in [5, 5.41) is 0. The first-order valence-corrected chi connectivity index (χ1v) is 8.18. The summed E-state index contributed by atoms with van der Waals surface area (Å²) in [5.74, 6) is -0.618. The fourth-order valence-corrected chi connectivity index (χ4v) is 2.63. The third-order valence-electron chi connectivity index (χ3n) is 3.52. The molecule has 0 fully saturated rings. The van der Waals surface area contributed by atoms with Crippen molar-refractivity contribution in [1.82, 2.24) is 9.13 Å². The number of nitrogens with zero attached hydrogens (tertiary/aromatic N) is 2. The van der Waals surface area contributed by atoms with Gasteiger partial charge in [0, 0.05) is 25.4 Å². The number of carbonyl (C=O) groups excluding carboxylic acids is 1. The second-order valence-electron chi connectivity index (χ2n) is 5.10. The second-order valence-corrected chi connectivity index (χ2v) is 6.26. The van der Waals surface area contributed by atoms with E-state index in [2.05, 4.69) is 0 Å². The van der Waals surface area contributed by atoms with Crippen LogP contribution in [-0.4, -0.2) is 28.3 Å². The van der Waals surface area contributed by atoms with Crippen molar-refractivity contribution in [1.29, 1.82) is 0 Å². The van der Waals surface area contributed by atoms with Gasteiger partial charge in [-0.25, -0.2) is 4.79 Å². The summed E-state index contributed by atoms with van der Waals surface area (Å²) in [6, 6.07) is 8.28. The number of benzene rings is 1. The maximum atomic E-state index is 12.5. The molecule has 0 saturated carbocycles. The molecule has 23 heavy (non-hydrogen) atoms. The van der Waals surface area contributed by atoms with E-state index < -0.39 is 17.2 Å². The molecule has 7 heteroatoms. The number of ether oxygens (including phenoxy) is 1. The van der Waals surface area contributed by atoms with Crippen LogP contribution < -0.4 is 11.2 Å². The van der Waals surface area contributed by atoms with Gasteiger partial charge in [0.1, 0.15) is 0 Å². The summed E-state index contributed by atoms with van der Waals surface area (Å²) < 4.78 is 7.54. The maximum Gasteiger partial charge on any atom is 0.338 e. The predicted octanol–water partition coefficient (Wildman–Crippen LogP) is 1.73. The predicted molar refractivity (Wildman–Crippen MR) is 94.9 cm³/mol. The fourth-order valence-electron chi connectivity index (χ4n) is 2.06. The Bertz CT molecular complexity index is 811. The van der Waals surface area contributed by atoms with Crippen LogP contribution in [0, 0.1) is 3.57 Å². The van der Waals surface area contributed by atoms with E-state index in [1.54, 1.807) is 37.4 Å². The summed E-state index contributed by atoms with van der Waals surface area (Å²) in [7, 11) is 1.59. The molecule has 2 aromatic rings. The van der Waals surface area contributed by atoms with Crippen LogP contribution in [-0.2, 0) is 11.3 Å². The maximum absolute atomic E-state index is 12.5. The quantitative estimate of drug-likeness (QED) is 0.681. The topological polar surface area (TPSA) is 70.3 Å². The first-order valence-electron chi connectivity index (χ1n) is 7.10. The van der Waals surface area contributed by atoms with Crippen LogP contribution in [0.4, 0.5) is 0 Å². The van der Waals surface area contributed by atoms with Gasteiger partial charge in [-0.3, -0.25) is 14.2 Å². The van der Waals surface area contributed by atoms with Gasteiger partial charge in [-0.05, 0) is 48.1 Å². The Morgan fingerprint density at radius 3 is 2.52 bits per heavy atom. The molecule has 1 aromatic heterocycles. The highest BCUT2D eigenvalue weighted by atomic mass is 127. The van der Waals surface area contributed by atoms with Crippen LogP contribution in [0.2, 0.25) is 0 Å². The van der Waals surface area contributed by atoms with Crippen molar-refractivity contribution in [3.05, 3.63) is 66.5 Å². The number of hydrogen-bond donors (Lipinski definition) is 0. The molecule has 6 nitrogen and oxygen atoms in total. The molecule has 1 aromatic carbocycles. The molecule has 0 amide bonds.